The van der Waals surface area contributed by atoms with E-state index >= 15 is 0 Å². The highest BCUT2D eigenvalue weighted by Gasteiger charge is 2.58. The third-order valence-electron chi connectivity index (χ3n) is 9.20. The third-order valence-corrected chi connectivity index (χ3v) is 9.20. The lowest BCUT2D eigenvalue weighted by Crippen LogP contribution is -2.59. The van der Waals surface area contributed by atoms with Crippen molar-refractivity contribution in [2.75, 3.05) is 13.7 Å². The maximum Gasteiger partial charge on any atom is 0.229 e. The summed E-state index contributed by atoms with van der Waals surface area (Å²) in [5.41, 5.74) is 1.54. The molecule has 5 fully saturated rings. The molecule has 3 nitrogen and oxygen atoms in total. The van der Waals surface area contributed by atoms with Crippen LogP contribution in [-0.4, -0.2) is 30.5 Å². The molecule has 4 bridgehead atoms. The molecule has 0 radical (unpaired) electrons. The number of amides is 1. The Morgan fingerprint density at radius 2 is 1.38 bits per heavy atom. The number of benzene rings is 2. The van der Waals surface area contributed by atoms with Crippen LogP contribution in [0.2, 0.25) is 0 Å². The summed E-state index contributed by atoms with van der Waals surface area (Å²) in [7, 11) is 1.83. The zero-order valence-electron chi connectivity index (χ0n) is 19.2. The lowest BCUT2D eigenvalue weighted by Gasteiger charge is -2.57. The number of hydrogen-bond acceptors (Lipinski definition) is 2. The normalized spacial score (nSPS) is 33.6. The minimum Gasteiger partial charge on any atom is -0.367 e. The molecule has 1 aliphatic heterocycles. The monoisotopic (exact) mass is 429 g/mol. The summed E-state index contributed by atoms with van der Waals surface area (Å²) in [6.07, 6.45) is 9.50. The molecule has 168 valence electrons. The van der Waals surface area contributed by atoms with E-state index in [1.54, 1.807) is 0 Å². The molecule has 0 spiro atoms. The van der Waals surface area contributed by atoms with E-state index in [1.807, 2.05) is 7.11 Å². The Kier molecular flexibility index (Phi) is 4.94. The van der Waals surface area contributed by atoms with Crippen molar-refractivity contribution in [3.05, 3.63) is 71.8 Å². The molecule has 0 aromatic heterocycles. The van der Waals surface area contributed by atoms with Gasteiger partial charge in [0.2, 0.25) is 5.91 Å². The van der Waals surface area contributed by atoms with E-state index in [0.717, 1.165) is 67.5 Å². The second-order valence-electron chi connectivity index (χ2n) is 11.0. The average Bonchev–Trinajstić information content (AvgIpc) is 3.30. The van der Waals surface area contributed by atoms with Crippen molar-refractivity contribution in [1.82, 2.24) is 4.90 Å². The predicted molar refractivity (Wildman–Crippen MR) is 126 cm³/mol. The smallest absolute Gasteiger partial charge is 0.229 e. The van der Waals surface area contributed by atoms with Crippen LogP contribution in [0.5, 0.6) is 0 Å². The quantitative estimate of drug-likeness (QED) is 0.603. The van der Waals surface area contributed by atoms with Gasteiger partial charge in [0, 0.05) is 13.7 Å². The van der Waals surface area contributed by atoms with Crippen LogP contribution in [0, 0.1) is 23.2 Å². The zero-order valence-corrected chi connectivity index (χ0v) is 19.2. The van der Waals surface area contributed by atoms with Gasteiger partial charge in [0.1, 0.15) is 5.60 Å². The largest absolute Gasteiger partial charge is 0.367 e. The lowest BCUT2D eigenvalue weighted by molar-refractivity contribution is -0.163. The van der Waals surface area contributed by atoms with Crippen LogP contribution in [0.1, 0.15) is 62.5 Å². The molecule has 3 heteroatoms. The van der Waals surface area contributed by atoms with E-state index in [-0.39, 0.29) is 11.5 Å². The molecule has 1 atom stereocenters. The molecule has 4 saturated carbocycles. The molecular weight excluding hydrogens is 394 g/mol. The SMILES string of the molecule is COC(c1ccccc1)(c1ccccc1)[C@@H]1CCCN1C(=O)C12CC3CC(CC(C3)C1)C2. The van der Waals surface area contributed by atoms with Gasteiger partial charge in [0.15, 0.2) is 0 Å². The van der Waals surface area contributed by atoms with Gasteiger partial charge in [-0.1, -0.05) is 60.7 Å². The highest BCUT2D eigenvalue weighted by atomic mass is 16.5. The Morgan fingerprint density at radius 1 is 0.875 bits per heavy atom. The van der Waals surface area contributed by atoms with Gasteiger partial charge in [0.25, 0.3) is 0 Å². The Labute approximate surface area is 192 Å². The van der Waals surface area contributed by atoms with E-state index in [0.29, 0.717) is 5.91 Å². The minimum absolute atomic E-state index is 0.0257. The van der Waals surface area contributed by atoms with Crippen molar-refractivity contribution in [2.45, 2.75) is 63.0 Å². The molecule has 1 saturated heterocycles. The fourth-order valence-corrected chi connectivity index (χ4v) is 8.40. The number of likely N-dealkylation sites (tertiary alicyclic amines) is 1. The second-order valence-corrected chi connectivity index (χ2v) is 11.0. The number of hydrogen-bond donors (Lipinski definition) is 0. The van der Waals surface area contributed by atoms with Gasteiger partial charge in [-0.25, -0.2) is 0 Å². The summed E-state index contributed by atoms with van der Waals surface area (Å²) in [5, 5.41) is 0. The van der Waals surface area contributed by atoms with E-state index in [9.17, 15) is 4.79 Å². The molecule has 5 aliphatic rings. The van der Waals surface area contributed by atoms with Crippen LogP contribution in [0.25, 0.3) is 0 Å². The van der Waals surface area contributed by atoms with Crippen LogP contribution < -0.4 is 0 Å². The van der Waals surface area contributed by atoms with Crippen LogP contribution in [-0.2, 0) is 15.1 Å². The number of carbonyl (C=O) groups excluding carboxylic acids is 1. The van der Waals surface area contributed by atoms with Crippen LogP contribution in [0.4, 0.5) is 0 Å². The highest BCUT2D eigenvalue weighted by molar-refractivity contribution is 5.84. The summed E-state index contributed by atoms with van der Waals surface area (Å²) in [5.74, 6) is 2.78. The van der Waals surface area contributed by atoms with E-state index in [2.05, 4.69) is 65.6 Å². The summed E-state index contributed by atoms with van der Waals surface area (Å²) in [4.78, 5) is 16.7. The molecule has 2 aromatic carbocycles. The molecule has 32 heavy (non-hydrogen) atoms. The average molecular weight is 430 g/mol. The molecule has 2 aromatic rings. The van der Waals surface area contributed by atoms with E-state index in [4.69, 9.17) is 4.74 Å². The molecule has 0 unspecified atom stereocenters. The first-order valence-corrected chi connectivity index (χ1v) is 12.6. The van der Waals surface area contributed by atoms with Crippen molar-refractivity contribution in [3.8, 4) is 0 Å². The Morgan fingerprint density at radius 3 is 1.84 bits per heavy atom. The Bertz CT molecular complexity index is 894. The summed E-state index contributed by atoms with van der Waals surface area (Å²) in [6, 6.07) is 21.2. The molecule has 7 rings (SSSR count). The molecular formula is C29H35NO2. The van der Waals surface area contributed by atoms with Crippen molar-refractivity contribution in [3.63, 3.8) is 0 Å². The number of carbonyl (C=O) groups is 1. The van der Waals surface area contributed by atoms with Crippen LogP contribution in [0.3, 0.4) is 0 Å². The summed E-state index contributed by atoms with van der Waals surface area (Å²) in [6.45, 7) is 0.857. The van der Waals surface area contributed by atoms with Gasteiger partial charge < -0.3 is 9.64 Å². The van der Waals surface area contributed by atoms with Gasteiger partial charge >= 0.3 is 0 Å². The molecule has 1 amide bonds. The second kappa shape index (κ2) is 7.73. The zero-order chi connectivity index (χ0) is 21.8. The van der Waals surface area contributed by atoms with Crippen molar-refractivity contribution < 1.29 is 9.53 Å². The van der Waals surface area contributed by atoms with E-state index < -0.39 is 5.60 Å². The van der Waals surface area contributed by atoms with Crippen LogP contribution in [0.15, 0.2) is 60.7 Å². The summed E-state index contributed by atoms with van der Waals surface area (Å²) < 4.78 is 6.50. The first kappa shape index (κ1) is 20.5. The fraction of sp³-hybridized carbons (Fsp3) is 0.552. The van der Waals surface area contributed by atoms with Crippen LogP contribution >= 0.6 is 0 Å². The standard InChI is InChI=1S/C29H35NO2/c1-32-29(24-9-4-2-5-10-24,25-11-6-3-7-12-25)26-13-8-14-30(26)27(31)28-18-21-15-22(19-28)17-23(16-21)20-28/h2-7,9-12,21-23,26H,8,13-20H2,1H3/t21?,22?,23?,26-,28?/m0/s1. The highest BCUT2D eigenvalue weighted by Crippen LogP contribution is 2.61. The van der Waals surface area contributed by atoms with Gasteiger partial charge in [-0.3, -0.25) is 4.79 Å². The topological polar surface area (TPSA) is 29.5 Å². The Hall–Kier alpha value is -2.13. The first-order chi connectivity index (χ1) is 15.6. The maximum atomic E-state index is 14.4. The number of methoxy groups -OCH3 is 1. The first-order valence-electron chi connectivity index (χ1n) is 12.6. The summed E-state index contributed by atoms with van der Waals surface area (Å²) >= 11 is 0. The van der Waals surface area contributed by atoms with Gasteiger partial charge in [-0.2, -0.15) is 0 Å². The Balaban J connectivity index is 1.42. The minimum atomic E-state index is -0.642. The number of ether oxygens (including phenoxy) is 1. The van der Waals surface area contributed by atoms with Gasteiger partial charge in [0.05, 0.1) is 11.5 Å². The molecule has 1 heterocycles. The van der Waals surface area contributed by atoms with E-state index in [1.165, 1.54) is 19.3 Å². The number of nitrogens with zero attached hydrogens (tertiary/aromatic N) is 1. The van der Waals surface area contributed by atoms with Crippen molar-refractivity contribution in [2.24, 2.45) is 23.2 Å². The van der Waals surface area contributed by atoms with Crippen molar-refractivity contribution >= 4 is 5.91 Å². The fourth-order valence-electron chi connectivity index (χ4n) is 8.40. The van der Waals surface area contributed by atoms with Gasteiger partial charge in [-0.15, -0.1) is 0 Å². The predicted octanol–water partition coefficient (Wildman–Crippen LogP) is 5.78. The maximum absolute atomic E-state index is 14.4. The lowest BCUT2D eigenvalue weighted by atomic mass is 9.49. The van der Waals surface area contributed by atoms with Gasteiger partial charge in [-0.05, 0) is 80.2 Å². The van der Waals surface area contributed by atoms with Crippen molar-refractivity contribution in [1.29, 1.82) is 0 Å². The molecule has 0 N–H and O–H groups in total. The third kappa shape index (κ3) is 3.00. The number of rotatable bonds is 5. The molecule has 4 aliphatic carbocycles.